The van der Waals surface area contributed by atoms with Crippen molar-refractivity contribution in [3.8, 4) is 0 Å². The van der Waals surface area contributed by atoms with Crippen LogP contribution in [0.15, 0.2) is 11.4 Å². The molecule has 0 spiro atoms. The van der Waals surface area contributed by atoms with Crippen molar-refractivity contribution in [3.63, 3.8) is 0 Å². The zero-order chi connectivity index (χ0) is 12.5. The molecule has 1 aromatic heterocycles. The number of carbonyl (C=O) groups is 1. The number of β-amino-alcohol motifs (C(OH)–C–C–N with tert-alkyl or cyclic N) is 1. The molecule has 1 saturated heterocycles. The summed E-state index contributed by atoms with van der Waals surface area (Å²) in [5.74, 6) is 0.195. The van der Waals surface area contributed by atoms with Crippen LogP contribution in [0.3, 0.4) is 0 Å². The highest BCUT2D eigenvalue weighted by Crippen LogP contribution is 2.24. The second kappa shape index (κ2) is 4.99. The van der Waals surface area contributed by atoms with Gasteiger partial charge in [-0.25, -0.2) is 0 Å². The molecule has 0 unspecified atom stereocenters. The van der Waals surface area contributed by atoms with Crippen LogP contribution in [0.2, 0.25) is 0 Å². The maximum atomic E-state index is 12.2. The Morgan fingerprint density at radius 1 is 1.50 bits per heavy atom. The Kier molecular flexibility index (Phi) is 3.37. The first kappa shape index (κ1) is 12.1. The normalized spacial score (nSPS) is 24.3. The summed E-state index contributed by atoms with van der Waals surface area (Å²) >= 11 is 1.79. The van der Waals surface area contributed by atoms with Crippen LogP contribution in [0.1, 0.15) is 16.9 Å². The van der Waals surface area contributed by atoms with Crippen LogP contribution in [-0.4, -0.2) is 53.1 Å². The lowest BCUT2D eigenvalue weighted by Gasteiger charge is -2.28. The van der Waals surface area contributed by atoms with E-state index in [0.29, 0.717) is 13.1 Å². The average Bonchev–Trinajstić information content (AvgIpc) is 2.96. The second-order valence-electron chi connectivity index (χ2n) is 5.11. The number of amides is 1. The number of thiophene rings is 1. The van der Waals surface area contributed by atoms with Crippen molar-refractivity contribution in [2.75, 3.05) is 26.2 Å². The van der Waals surface area contributed by atoms with Crippen LogP contribution < -0.4 is 0 Å². The molecule has 1 fully saturated rings. The standard InChI is InChI=1S/C13H18N2O2S/c16-11-1-4-14(8-11)9-13(17)15-5-2-12-10(7-15)3-6-18-12/h3,6,11,16H,1-2,4-5,7-9H2/t11-/m1/s1. The molecule has 1 N–H and O–H groups in total. The van der Waals surface area contributed by atoms with Gasteiger partial charge in [0.15, 0.2) is 0 Å². The van der Waals surface area contributed by atoms with Gasteiger partial charge in [-0.05, 0) is 29.9 Å². The SMILES string of the molecule is O=C(CN1CC[C@@H](O)C1)N1CCc2sccc2C1. The van der Waals surface area contributed by atoms with E-state index in [1.54, 1.807) is 11.3 Å². The summed E-state index contributed by atoms with van der Waals surface area (Å²) in [5.41, 5.74) is 1.31. The number of rotatable bonds is 2. The van der Waals surface area contributed by atoms with Gasteiger partial charge in [0.05, 0.1) is 12.6 Å². The lowest BCUT2D eigenvalue weighted by molar-refractivity contribution is -0.133. The van der Waals surface area contributed by atoms with E-state index < -0.39 is 0 Å². The van der Waals surface area contributed by atoms with Crippen LogP contribution >= 0.6 is 11.3 Å². The molecule has 0 radical (unpaired) electrons. The first-order chi connectivity index (χ1) is 8.72. The van der Waals surface area contributed by atoms with E-state index in [4.69, 9.17) is 0 Å². The Hall–Kier alpha value is -0.910. The first-order valence-corrected chi connectivity index (χ1v) is 7.34. The third-order valence-corrected chi connectivity index (χ3v) is 4.79. The zero-order valence-electron chi connectivity index (χ0n) is 10.3. The Labute approximate surface area is 111 Å². The Balaban J connectivity index is 1.58. The fourth-order valence-corrected chi connectivity index (χ4v) is 3.60. The largest absolute Gasteiger partial charge is 0.392 e. The monoisotopic (exact) mass is 266 g/mol. The Morgan fingerprint density at radius 2 is 2.39 bits per heavy atom. The number of aliphatic hydroxyl groups excluding tert-OH is 1. The molecule has 0 aromatic carbocycles. The minimum absolute atomic E-state index is 0.195. The van der Waals surface area contributed by atoms with Crippen molar-refractivity contribution in [1.29, 1.82) is 0 Å². The molecular weight excluding hydrogens is 248 g/mol. The van der Waals surface area contributed by atoms with Crippen LogP contribution in [0.5, 0.6) is 0 Å². The van der Waals surface area contributed by atoms with Crippen molar-refractivity contribution in [3.05, 3.63) is 21.9 Å². The van der Waals surface area contributed by atoms with Crippen LogP contribution in [-0.2, 0) is 17.8 Å². The Morgan fingerprint density at radius 3 is 3.17 bits per heavy atom. The van der Waals surface area contributed by atoms with Gasteiger partial charge >= 0.3 is 0 Å². The first-order valence-electron chi connectivity index (χ1n) is 6.46. The quantitative estimate of drug-likeness (QED) is 0.857. The van der Waals surface area contributed by atoms with Crippen molar-refractivity contribution in [1.82, 2.24) is 9.80 Å². The number of carbonyl (C=O) groups excluding carboxylic acids is 1. The smallest absolute Gasteiger partial charge is 0.237 e. The maximum Gasteiger partial charge on any atom is 0.237 e. The lowest BCUT2D eigenvalue weighted by atomic mass is 10.1. The lowest BCUT2D eigenvalue weighted by Crippen LogP contribution is -2.42. The summed E-state index contributed by atoms with van der Waals surface area (Å²) in [7, 11) is 0. The molecule has 1 amide bonds. The number of aliphatic hydroxyl groups is 1. The van der Waals surface area contributed by atoms with Crippen molar-refractivity contribution in [2.45, 2.75) is 25.5 Å². The Bertz CT molecular complexity index is 446. The second-order valence-corrected chi connectivity index (χ2v) is 6.11. The third-order valence-electron chi connectivity index (χ3n) is 3.77. The van der Waals surface area contributed by atoms with Crippen LogP contribution in [0.25, 0.3) is 0 Å². The molecule has 0 bridgehead atoms. The molecule has 2 aliphatic heterocycles. The van der Waals surface area contributed by atoms with E-state index in [2.05, 4.69) is 16.3 Å². The number of fused-ring (bicyclic) bond motifs is 1. The minimum atomic E-state index is -0.248. The predicted molar refractivity (Wildman–Crippen MR) is 70.5 cm³/mol. The van der Waals surface area contributed by atoms with E-state index in [-0.39, 0.29) is 12.0 Å². The predicted octanol–water partition coefficient (Wildman–Crippen LogP) is 0.699. The summed E-state index contributed by atoms with van der Waals surface area (Å²) in [4.78, 5) is 17.6. The molecule has 0 saturated carbocycles. The van der Waals surface area contributed by atoms with Crippen LogP contribution in [0.4, 0.5) is 0 Å². The molecular formula is C13H18N2O2S. The van der Waals surface area contributed by atoms with Gasteiger partial charge in [-0.15, -0.1) is 11.3 Å². The molecule has 3 rings (SSSR count). The van der Waals surface area contributed by atoms with Gasteiger partial charge < -0.3 is 10.0 Å². The molecule has 18 heavy (non-hydrogen) atoms. The molecule has 1 atom stereocenters. The summed E-state index contributed by atoms with van der Waals surface area (Å²) in [6, 6.07) is 2.12. The van der Waals surface area contributed by atoms with Gasteiger partial charge in [0, 0.05) is 31.1 Å². The zero-order valence-corrected chi connectivity index (χ0v) is 11.2. The van der Waals surface area contributed by atoms with Crippen molar-refractivity contribution >= 4 is 17.2 Å². The molecule has 3 heterocycles. The molecule has 1 aromatic rings. The number of hydrogen-bond acceptors (Lipinski definition) is 4. The summed E-state index contributed by atoms with van der Waals surface area (Å²) < 4.78 is 0. The summed E-state index contributed by atoms with van der Waals surface area (Å²) in [6.45, 7) is 3.53. The highest BCUT2D eigenvalue weighted by Gasteiger charge is 2.26. The van der Waals surface area contributed by atoms with Gasteiger partial charge in [-0.2, -0.15) is 0 Å². The maximum absolute atomic E-state index is 12.2. The molecule has 5 heteroatoms. The topological polar surface area (TPSA) is 43.8 Å². The van der Waals surface area contributed by atoms with Gasteiger partial charge in [-0.1, -0.05) is 0 Å². The summed E-state index contributed by atoms with van der Waals surface area (Å²) in [6.07, 6.45) is 1.53. The van der Waals surface area contributed by atoms with Crippen molar-refractivity contribution in [2.24, 2.45) is 0 Å². The van der Waals surface area contributed by atoms with E-state index >= 15 is 0 Å². The number of hydrogen-bond donors (Lipinski definition) is 1. The third kappa shape index (κ3) is 2.43. The van der Waals surface area contributed by atoms with E-state index in [1.807, 2.05) is 4.90 Å². The van der Waals surface area contributed by atoms with E-state index in [1.165, 1.54) is 10.4 Å². The van der Waals surface area contributed by atoms with Gasteiger partial charge in [-0.3, -0.25) is 9.69 Å². The average molecular weight is 266 g/mol. The number of nitrogens with zero attached hydrogens (tertiary/aromatic N) is 2. The fraction of sp³-hybridized carbons (Fsp3) is 0.615. The fourth-order valence-electron chi connectivity index (χ4n) is 2.71. The summed E-state index contributed by atoms with van der Waals surface area (Å²) in [5, 5.41) is 11.6. The number of likely N-dealkylation sites (tertiary alicyclic amines) is 1. The van der Waals surface area contributed by atoms with E-state index in [0.717, 1.165) is 32.5 Å². The molecule has 98 valence electrons. The molecule has 4 nitrogen and oxygen atoms in total. The highest BCUT2D eigenvalue weighted by atomic mass is 32.1. The highest BCUT2D eigenvalue weighted by molar-refractivity contribution is 7.10. The van der Waals surface area contributed by atoms with Crippen LogP contribution in [0, 0.1) is 0 Å². The molecule has 2 aliphatic rings. The van der Waals surface area contributed by atoms with Gasteiger partial charge in [0.1, 0.15) is 0 Å². The van der Waals surface area contributed by atoms with E-state index in [9.17, 15) is 9.90 Å². The van der Waals surface area contributed by atoms with Gasteiger partial charge in [0.25, 0.3) is 0 Å². The minimum Gasteiger partial charge on any atom is -0.392 e. The van der Waals surface area contributed by atoms with Crippen molar-refractivity contribution < 1.29 is 9.90 Å². The van der Waals surface area contributed by atoms with Gasteiger partial charge in [0.2, 0.25) is 5.91 Å². The molecule has 0 aliphatic carbocycles.